The summed E-state index contributed by atoms with van der Waals surface area (Å²) in [6.07, 6.45) is 1.82. The molecule has 0 aromatic heterocycles. The molecule has 0 spiro atoms. The molecule has 30 heavy (non-hydrogen) atoms. The van der Waals surface area contributed by atoms with Crippen LogP contribution in [0, 0.1) is 0 Å². The van der Waals surface area contributed by atoms with Crippen LogP contribution in [0.2, 0.25) is 0 Å². The lowest BCUT2D eigenvalue weighted by molar-refractivity contribution is -0.135. The van der Waals surface area contributed by atoms with Crippen molar-refractivity contribution in [2.75, 3.05) is 58.9 Å². The van der Waals surface area contributed by atoms with Crippen LogP contribution in [0.1, 0.15) is 47.5 Å². The number of amides is 2. The molecule has 1 unspecified atom stereocenters. The number of nitrogens with zero attached hydrogens (tertiary/aromatic N) is 4. The van der Waals surface area contributed by atoms with Gasteiger partial charge >= 0.3 is 6.09 Å². The molecule has 9 nitrogen and oxygen atoms in total. The van der Waals surface area contributed by atoms with Crippen molar-refractivity contribution in [2.45, 2.75) is 59.1 Å². The van der Waals surface area contributed by atoms with Crippen LogP contribution in [0.15, 0.2) is 4.99 Å². The minimum Gasteiger partial charge on any atom is -0.444 e. The molecule has 9 heteroatoms. The Morgan fingerprint density at radius 2 is 1.63 bits per heavy atom. The standard InChI is InChI=1S/C21H40N6O3/c1-6-22-19(23-9-10-24-20(29)30-21(3,4)5)27-15-13-25(14-16-27)17(2)18(28)26-11-7-8-12-26/h17H,6-16H2,1-5H3,(H,22,23)(H,24,29). The summed E-state index contributed by atoms with van der Waals surface area (Å²) in [5.74, 6) is 1.11. The van der Waals surface area contributed by atoms with Crippen molar-refractivity contribution in [3.8, 4) is 0 Å². The summed E-state index contributed by atoms with van der Waals surface area (Å²) in [6, 6.07) is -0.0669. The zero-order valence-electron chi connectivity index (χ0n) is 19.4. The van der Waals surface area contributed by atoms with Crippen LogP contribution >= 0.6 is 0 Å². The summed E-state index contributed by atoms with van der Waals surface area (Å²) in [7, 11) is 0. The van der Waals surface area contributed by atoms with Crippen LogP contribution in [0.5, 0.6) is 0 Å². The molecule has 0 saturated carbocycles. The van der Waals surface area contributed by atoms with Gasteiger partial charge in [0.15, 0.2) is 5.96 Å². The number of likely N-dealkylation sites (tertiary alicyclic amines) is 1. The molecule has 2 heterocycles. The first kappa shape index (κ1) is 24.2. The van der Waals surface area contributed by atoms with Crippen molar-refractivity contribution >= 4 is 18.0 Å². The number of rotatable bonds is 6. The van der Waals surface area contributed by atoms with Gasteiger partial charge in [-0.3, -0.25) is 14.7 Å². The van der Waals surface area contributed by atoms with Crippen molar-refractivity contribution in [1.29, 1.82) is 0 Å². The molecular weight excluding hydrogens is 384 g/mol. The number of aliphatic imine (C=N–C) groups is 1. The van der Waals surface area contributed by atoms with Gasteiger partial charge in [0.05, 0.1) is 12.6 Å². The van der Waals surface area contributed by atoms with E-state index in [4.69, 9.17) is 4.74 Å². The summed E-state index contributed by atoms with van der Waals surface area (Å²) < 4.78 is 5.24. The third-order valence-electron chi connectivity index (χ3n) is 5.31. The van der Waals surface area contributed by atoms with Gasteiger partial charge in [-0.2, -0.15) is 0 Å². The predicted octanol–water partition coefficient (Wildman–Crippen LogP) is 1.11. The van der Waals surface area contributed by atoms with Crippen molar-refractivity contribution < 1.29 is 14.3 Å². The van der Waals surface area contributed by atoms with Crippen molar-refractivity contribution in [2.24, 2.45) is 4.99 Å². The minimum atomic E-state index is -0.505. The van der Waals surface area contributed by atoms with E-state index in [1.165, 1.54) is 0 Å². The number of guanidine groups is 1. The summed E-state index contributed by atoms with van der Waals surface area (Å²) in [4.78, 5) is 35.5. The Kier molecular flexibility index (Phi) is 9.20. The van der Waals surface area contributed by atoms with Crippen LogP contribution in [0.25, 0.3) is 0 Å². The first-order valence-corrected chi connectivity index (χ1v) is 11.2. The van der Waals surface area contributed by atoms with Gasteiger partial charge in [-0.15, -0.1) is 0 Å². The number of hydrogen-bond acceptors (Lipinski definition) is 5. The molecule has 0 radical (unpaired) electrons. The van der Waals surface area contributed by atoms with E-state index >= 15 is 0 Å². The van der Waals surface area contributed by atoms with Crippen molar-refractivity contribution in [3.05, 3.63) is 0 Å². The Bertz CT molecular complexity index is 590. The number of hydrogen-bond donors (Lipinski definition) is 2. The number of ether oxygens (including phenoxy) is 1. The normalized spacial score (nSPS) is 19.6. The summed E-state index contributed by atoms with van der Waals surface area (Å²) in [5, 5.41) is 6.06. The molecular formula is C21H40N6O3. The average Bonchev–Trinajstić information content (AvgIpc) is 3.23. The Balaban J connectivity index is 1.79. The quantitative estimate of drug-likeness (QED) is 0.377. The summed E-state index contributed by atoms with van der Waals surface area (Å²) in [5.41, 5.74) is -0.505. The smallest absolute Gasteiger partial charge is 0.407 e. The molecule has 0 aromatic rings. The van der Waals surface area contributed by atoms with Crippen LogP contribution in [0.4, 0.5) is 4.79 Å². The van der Waals surface area contributed by atoms with E-state index < -0.39 is 11.7 Å². The topological polar surface area (TPSA) is 89.5 Å². The highest BCUT2D eigenvalue weighted by Crippen LogP contribution is 2.14. The molecule has 2 amide bonds. The van der Waals surface area contributed by atoms with E-state index in [1.54, 1.807) is 0 Å². The number of carbonyl (C=O) groups excluding carboxylic acids is 2. The van der Waals surface area contributed by atoms with Gasteiger partial charge in [0.25, 0.3) is 0 Å². The fourth-order valence-electron chi connectivity index (χ4n) is 3.74. The van der Waals surface area contributed by atoms with E-state index in [0.717, 1.165) is 64.6 Å². The molecule has 0 aliphatic carbocycles. The Morgan fingerprint density at radius 3 is 2.20 bits per heavy atom. The fourth-order valence-corrected chi connectivity index (χ4v) is 3.74. The summed E-state index contributed by atoms with van der Waals surface area (Å²) in [6.45, 7) is 16.4. The van der Waals surface area contributed by atoms with E-state index in [0.29, 0.717) is 13.1 Å². The highest BCUT2D eigenvalue weighted by atomic mass is 16.6. The summed E-state index contributed by atoms with van der Waals surface area (Å²) >= 11 is 0. The Hall–Kier alpha value is -2.03. The van der Waals surface area contributed by atoms with Crippen molar-refractivity contribution in [3.63, 3.8) is 0 Å². The largest absolute Gasteiger partial charge is 0.444 e. The zero-order chi connectivity index (χ0) is 22.1. The number of carbonyl (C=O) groups is 2. The molecule has 2 fully saturated rings. The SMILES string of the molecule is CCNC(=NCCNC(=O)OC(C)(C)C)N1CCN(C(C)C(=O)N2CCCC2)CC1. The van der Waals surface area contributed by atoms with Crippen LogP contribution in [-0.2, 0) is 9.53 Å². The third kappa shape index (κ3) is 7.66. The number of nitrogens with one attached hydrogen (secondary N) is 2. The first-order chi connectivity index (χ1) is 14.2. The monoisotopic (exact) mass is 424 g/mol. The van der Waals surface area contributed by atoms with Gasteiger partial charge in [-0.25, -0.2) is 4.79 Å². The molecule has 0 bridgehead atoms. The molecule has 172 valence electrons. The Morgan fingerprint density at radius 1 is 1.00 bits per heavy atom. The molecule has 2 N–H and O–H groups in total. The molecule has 2 saturated heterocycles. The van der Waals surface area contributed by atoms with Gasteiger partial charge in [0, 0.05) is 52.4 Å². The molecule has 2 aliphatic rings. The maximum Gasteiger partial charge on any atom is 0.407 e. The molecule has 1 atom stereocenters. The molecule has 2 aliphatic heterocycles. The maximum absolute atomic E-state index is 12.7. The lowest BCUT2D eigenvalue weighted by Gasteiger charge is -2.39. The second-order valence-corrected chi connectivity index (χ2v) is 8.90. The average molecular weight is 425 g/mol. The second-order valence-electron chi connectivity index (χ2n) is 8.90. The Labute approximate surface area is 181 Å². The third-order valence-corrected chi connectivity index (χ3v) is 5.31. The van der Waals surface area contributed by atoms with Gasteiger partial charge in [0.2, 0.25) is 5.91 Å². The lowest BCUT2D eigenvalue weighted by Crippen LogP contribution is -2.57. The first-order valence-electron chi connectivity index (χ1n) is 11.2. The van der Waals surface area contributed by atoms with Crippen molar-refractivity contribution in [1.82, 2.24) is 25.3 Å². The zero-order valence-corrected chi connectivity index (χ0v) is 19.4. The lowest BCUT2D eigenvalue weighted by atomic mass is 10.2. The van der Waals surface area contributed by atoms with Crippen LogP contribution in [0.3, 0.4) is 0 Å². The highest BCUT2D eigenvalue weighted by molar-refractivity contribution is 5.82. The molecule has 0 aromatic carbocycles. The van der Waals surface area contributed by atoms with Gasteiger partial charge in [0.1, 0.15) is 5.60 Å². The van der Waals surface area contributed by atoms with E-state index in [9.17, 15) is 9.59 Å². The van der Waals surface area contributed by atoms with Crippen LogP contribution < -0.4 is 10.6 Å². The number of alkyl carbamates (subject to hydrolysis) is 1. The highest BCUT2D eigenvalue weighted by Gasteiger charge is 2.30. The maximum atomic E-state index is 12.7. The fraction of sp³-hybridized carbons (Fsp3) is 0.857. The van der Waals surface area contributed by atoms with Gasteiger partial charge in [-0.05, 0) is 47.5 Å². The number of piperazine rings is 1. The van der Waals surface area contributed by atoms with Gasteiger partial charge < -0.3 is 25.2 Å². The van der Waals surface area contributed by atoms with E-state index in [2.05, 4.69) is 25.4 Å². The second kappa shape index (κ2) is 11.4. The van der Waals surface area contributed by atoms with E-state index in [-0.39, 0.29) is 11.9 Å². The molecule has 2 rings (SSSR count). The predicted molar refractivity (Wildman–Crippen MR) is 119 cm³/mol. The van der Waals surface area contributed by atoms with Crippen LogP contribution in [-0.4, -0.2) is 103 Å². The van der Waals surface area contributed by atoms with Gasteiger partial charge in [-0.1, -0.05) is 0 Å². The van der Waals surface area contributed by atoms with E-state index in [1.807, 2.05) is 39.5 Å². The minimum absolute atomic E-state index is 0.0669.